The second kappa shape index (κ2) is 10.3. The number of hydrogen-bond acceptors (Lipinski definition) is 7. The number of aromatic nitrogens is 5. The molecule has 9 nitrogen and oxygen atoms in total. The number of benzene rings is 2. The van der Waals surface area contributed by atoms with Crippen LogP contribution in [0.15, 0.2) is 65.3 Å². The highest BCUT2D eigenvalue weighted by Crippen LogP contribution is 2.20. The van der Waals surface area contributed by atoms with E-state index in [1.54, 1.807) is 18.0 Å². The van der Waals surface area contributed by atoms with Crippen molar-refractivity contribution in [1.29, 1.82) is 0 Å². The van der Waals surface area contributed by atoms with Crippen LogP contribution in [0.2, 0.25) is 0 Å². The lowest BCUT2D eigenvalue weighted by molar-refractivity contribution is 0.0948. The molecule has 0 fully saturated rings. The molecule has 0 aliphatic rings. The lowest BCUT2D eigenvalue weighted by atomic mass is 10.2. The van der Waals surface area contributed by atoms with Gasteiger partial charge < -0.3 is 14.6 Å². The Balaban J connectivity index is 1.16. The van der Waals surface area contributed by atoms with Crippen LogP contribution in [0.5, 0.6) is 5.75 Å². The third kappa shape index (κ3) is 5.37. The molecule has 1 N–H and O–H groups in total. The summed E-state index contributed by atoms with van der Waals surface area (Å²) in [6, 6.07) is 17.1. The Kier molecular flexibility index (Phi) is 6.86. The van der Waals surface area contributed by atoms with E-state index in [9.17, 15) is 4.79 Å². The number of nitrogens with one attached hydrogen (secondary N) is 1. The van der Waals surface area contributed by atoms with E-state index in [0.29, 0.717) is 30.4 Å². The minimum atomic E-state index is -0.229. The first kappa shape index (κ1) is 21.2. The number of carbonyl (C=O) groups excluding carboxylic acids is 1. The molecule has 2 aromatic carbocycles. The van der Waals surface area contributed by atoms with Gasteiger partial charge in [0.15, 0.2) is 5.69 Å². The Bertz CT molecular complexity index is 1140. The summed E-state index contributed by atoms with van der Waals surface area (Å²) in [5.74, 6) is 1.73. The Morgan fingerprint density at radius 2 is 1.88 bits per heavy atom. The van der Waals surface area contributed by atoms with Gasteiger partial charge in [-0.15, -0.1) is 5.10 Å². The highest BCUT2D eigenvalue weighted by Gasteiger charge is 2.11. The van der Waals surface area contributed by atoms with Crippen LogP contribution in [0.25, 0.3) is 17.1 Å². The maximum Gasteiger partial charge on any atom is 0.273 e. The van der Waals surface area contributed by atoms with Gasteiger partial charge in [-0.05, 0) is 49.2 Å². The minimum Gasteiger partial charge on any atom is -0.497 e. The molecule has 2 aromatic heterocycles. The van der Waals surface area contributed by atoms with E-state index in [4.69, 9.17) is 9.26 Å². The van der Waals surface area contributed by atoms with Gasteiger partial charge in [0.05, 0.1) is 19.0 Å². The van der Waals surface area contributed by atoms with Crippen molar-refractivity contribution in [3.63, 3.8) is 0 Å². The molecule has 0 spiro atoms. The first-order valence-electron chi connectivity index (χ1n) is 10.5. The summed E-state index contributed by atoms with van der Waals surface area (Å²) < 4.78 is 12.1. The summed E-state index contributed by atoms with van der Waals surface area (Å²) in [5.41, 5.74) is 2.04. The van der Waals surface area contributed by atoms with Crippen LogP contribution >= 0.6 is 0 Å². The first-order chi connectivity index (χ1) is 15.7. The molecule has 0 saturated carbocycles. The highest BCUT2D eigenvalue weighted by molar-refractivity contribution is 5.91. The maximum atomic E-state index is 12.3. The molecule has 0 saturated heterocycles. The fourth-order valence-electron chi connectivity index (χ4n) is 3.16. The molecule has 32 heavy (non-hydrogen) atoms. The van der Waals surface area contributed by atoms with Gasteiger partial charge in [-0.25, -0.2) is 4.68 Å². The van der Waals surface area contributed by atoms with Crippen molar-refractivity contribution in [1.82, 2.24) is 30.5 Å². The van der Waals surface area contributed by atoms with E-state index in [0.717, 1.165) is 36.3 Å². The molecule has 4 aromatic rings. The largest absolute Gasteiger partial charge is 0.497 e. The molecule has 0 bridgehead atoms. The smallest absolute Gasteiger partial charge is 0.273 e. The van der Waals surface area contributed by atoms with Crippen molar-refractivity contribution >= 4 is 5.91 Å². The van der Waals surface area contributed by atoms with Crippen LogP contribution in [0, 0.1) is 0 Å². The monoisotopic (exact) mass is 432 g/mol. The van der Waals surface area contributed by atoms with E-state index < -0.39 is 0 Å². The van der Waals surface area contributed by atoms with Crippen molar-refractivity contribution in [3.8, 4) is 22.8 Å². The molecule has 0 aliphatic carbocycles. The molecule has 0 atom stereocenters. The lowest BCUT2D eigenvalue weighted by Crippen LogP contribution is -2.24. The number of methoxy groups -OCH3 is 1. The predicted octanol–water partition coefficient (Wildman–Crippen LogP) is 3.47. The van der Waals surface area contributed by atoms with Crippen LogP contribution in [0.1, 0.15) is 35.6 Å². The summed E-state index contributed by atoms with van der Waals surface area (Å²) >= 11 is 0. The Morgan fingerprint density at radius 1 is 1.06 bits per heavy atom. The average molecular weight is 432 g/mol. The van der Waals surface area contributed by atoms with Crippen molar-refractivity contribution in [2.24, 2.45) is 0 Å². The van der Waals surface area contributed by atoms with E-state index >= 15 is 0 Å². The number of carbonyl (C=O) groups is 1. The van der Waals surface area contributed by atoms with E-state index in [2.05, 4.69) is 25.8 Å². The number of rotatable bonds is 10. The fraction of sp³-hybridized carbons (Fsp3) is 0.261. The molecule has 2 heterocycles. The molecule has 1 amide bonds. The quantitative estimate of drug-likeness (QED) is 0.382. The first-order valence-corrected chi connectivity index (χ1v) is 10.5. The van der Waals surface area contributed by atoms with Crippen LogP contribution in [0.3, 0.4) is 0 Å². The zero-order chi connectivity index (χ0) is 22.2. The van der Waals surface area contributed by atoms with E-state index in [1.807, 2.05) is 54.6 Å². The predicted molar refractivity (Wildman–Crippen MR) is 118 cm³/mol. The van der Waals surface area contributed by atoms with Crippen molar-refractivity contribution in [3.05, 3.63) is 72.4 Å². The minimum absolute atomic E-state index is 0.229. The molecule has 0 aliphatic heterocycles. The zero-order valence-electron chi connectivity index (χ0n) is 17.8. The summed E-state index contributed by atoms with van der Waals surface area (Å²) in [6.45, 7) is 0.567. The molecular formula is C23H24N6O3. The molecule has 0 radical (unpaired) electrons. The van der Waals surface area contributed by atoms with Gasteiger partial charge in [0.2, 0.25) is 11.7 Å². The van der Waals surface area contributed by atoms with Crippen LogP contribution in [0.4, 0.5) is 0 Å². The average Bonchev–Trinajstić information content (AvgIpc) is 3.52. The SMILES string of the molecule is COc1ccc(-c2noc(CCCCCNC(=O)c3cn(-c4ccccc4)nn3)n2)cc1. The summed E-state index contributed by atoms with van der Waals surface area (Å²) in [4.78, 5) is 16.7. The van der Waals surface area contributed by atoms with Crippen molar-refractivity contribution in [2.45, 2.75) is 25.7 Å². The number of ether oxygens (including phenoxy) is 1. The zero-order valence-corrected chi connectivity index (χ0v) is 17.8. The molecular weight excluding hydrogens is 408 g/mol. The Hall–Kier alpha value is -4.01. The number of hydrogen-bond donors (Lipinski definition) is 1. The van der Waals surface area contributed by atoms with Gasteiger partial charge in [-0.1, -0.05) is 35.0 Å². The summed E-state index contributed by atoms with van der Waals surface area (Å²) in [6.07, 6.45) is 4.99. The fourth-order valence-corrected chi connectivity index (χ4v) is 3.16. The van der Waals surface area contributed by atoms with Crippen molar-refractivity contribution < 1.29 is 14.1 Å². The number of amides is 1. The highest BCUT2D eigenvalue weighted by atomic mass is 16.5. The molecule has 9 heteroatoms. The van der Waals surface area contributed by atoms with Gasteiger partial charge >= 0.3 is 0 Å². The Labute approximate surface area is 185 Å². The number of para-hydroxylation sites is 1. The molecule has 4 rings (SSSR count). The maximum absolute atomic E-state index is 12.3. The molecule has 0 unspecified atom stereocenters. The Morgan fingerprint density at radius 3 is 2.66 bits per heavy atom. The second-order valence-corrected chi connectivity index (χ2v) is 7.19. The van der Waals surface area contributed by atoms with Gasteiger partial charge in [0.1, 0.15) is 5.75 Å². The summed E-state index contributed by atoms with van der Waals surface area (Å²) in [5, 5.41) is 14.9. The van der Waals surface area contributed by atoms with Crippen LogP contribution in [-0.2, 0) is 6.42 Å². The normalized spacial score (nSPS) is 10.8. The number of unbranched alkanes of at least 4 members (excludes halogenated alkanes) is 2. The summed E-state index contributed by atoms with van der Waals surface area (Å²) in [7, 11) is 1.63. The number of aryl methyl sites for hydroxylation is 1. The van der Waals surface area contributed by atoms with Gasteiger partial charge in [0.25, 0.3) is 5.91 Å². The van der Waals surface area contributed by atoms with Crippen LogP contribution in [-0.4, -0.2) is 44.7 Å². The van der Waals surface area contributed by atoms with Crippen molar-refractivity contribution in [2.75, 3.05) is 13.7 Å². The molecule has 164 valence electrons. The standard InChI is InChI=1S/C23H24N6O3/c1-31-19-13-11-17(12-14-19)22-25-21(32-27-22)10-6-3-7-15-24-23(30)20-16-29(28-26-20)18-8-4-2-5-9-18/h2,4-5,8-9,11-14,16H,3,6-7,10,15H2,1H3,(H,24,30). The van der Waals surface area contributed by atoms with Gasteiger partial charge in [-0.2, -0.15) is 4.98 Å². The third-order valence-electron chi connectivity index (χ3n) is 4.92. The third-order valence-corrected chi connectivity index (χ3v) is 4.92. The topological polar surface area (TPSA) is 108 Å². The second-order valence-electron chi connectivity index (χ2n) is 7.19. The van der Waals surface area contributed by atoms with Gasteiger partial charge in [-0.3, -0.25) is 4.79 Å². The van der Waals surface area contributed by atoms with E-state index in [1.165, 1.54) is 0 Å². The van der Waals surface area contributed by atoms with E-state index in [-0.39, 0.29) is 5.91 Å². The van der Waals surface area contributed by atoms with Gasteiger partial charge in [0, 0.05) is 18.5 Å². The number of nitrogens with zero attached hydrogens (tertiary/aromatic N) is 5. The lowest BCUT2D eigenvalue weighted by Gasteiger charge is -2.02. The van der Waals surface area contributed by atoms with Crippen LogP contribution < -0.4 is 10.1 Å².